The SMILES string of the molecule is Cc1cccc(OC(C)C(=O)NCCC(=O)N2CCCC2)c1. The molecule has 5 nitrogen and oxygen atoms in total. The highest BCUT2D eigenvalue weighted by molar-refractivity contribution is 5.82. The Labute approximate surface area is 131 Å². The Kier molecular flexibility index (Phi) is 5.81. The van der Waals surface area contributed by atoms with Gasteiger partial charge in [-0.05, 0) is 44.4 Å². The first-order valence-corrected chi connectivity index (χ1v) is 7.85. The smallest absolute Gasteiger partial charge is 0.260 e. The first-order valence-electron chi connectivity index (χ1n) is 7.85. The summed E-state index contributed by atoms with van der Waals surface area (Å²) in [6, 6.07) is 7.58. The van der Waals surface area contributed by atoms with Gasteiger partial charge in [0.1, 0.15) is 5.75 Å². The molecule has 2 rings (SSSR count). The van der Waals surface area contributed by atoms with Crippen LogP contribution in [-0.4, -0.2) is 42.5 Å². The lowest BCUT2D eigenvalue weighted by Gasteiger charge is -2.17. The van der Waals surface area contributed by atoms with Gasteiger partial charge in [0.2, 0.25) is 5.91 Å². The number of carbonyl (C=O) groups is 2. The summed E-state index contributed by atoms with van der Waals surface area (Å²) in [4.78, 5) is 25.7. The molecule has 1 atom stereocenters. The number of hydrogen-bond donors (Lipinski definition) is 1. The molecule has 120 valence electrons. The first-order chi connectivity index (χ1) is 10.6. The molecule has 1 aliphatic rings. The van der Waals surface area contributed by atoms with Crippen LogP contribution in [0.2, 0.25) is 0 Å². The minimum Gasteiger partial charge on any atom is -0.481 e. The summed E-state index contributed by atoms with van der Waals surface area (Å²) >= 11 is 0. The van der Waals surface area contributed by atoms with Crippen LogP contribution < -0.4 is 10.1 Å². The van der Waals surface area contributed by atoms with Gasteiger partial charge in [-0.3, -0.25) is 9.59 Å². The second-order valence-corrected chi connectivity index (χ2v) is 5.71. The lowest BCUT2D eigenvalue weighted by molar-refractivity contribution is -0.130. The van der Waals surface area contributed by atoms with E-state index in [2.05, 4.69) is 5.32 Å². The summed E-state index contributed by atoms with van der Waals surface area (Å²) in [5, 5.41) is 2.76. The Hall–Kier alpha value is -2.04. The summed E-state index contributed by atoms with van der Waals surface area (Å²) in [5.41, 5.74) is 1.08. The Balaban J connectivity index is 1.71. The molecule has 0 aliphatic carbocycles. The van der Waals surface area contributed by atoms with Crippen molar-refractivity contribution in [2.45, 2.75) is 39.2 Å². The van der Waals surface area contributed by atoms with Crippen molar-refractivity contribution >= 4 is 11.8 Å². The normalized spacial score (nSPS) is 15.5. The maximum absolute atomic E-state index is 12.0. The van der Waals surface area contributed by atoms with Crippen molar-refractivity contribution in [3.05, 3.63) is 29.8 Å². The van der Waals surface area contributed by atoms with Crippen LogP contribution in [0.4, 0.5) is 0 Å². The number of aryl methyl sites for hydroxylation is 1. The third-order valence-corrected chi connectivity index (χ3v) is 3.77. The molecule has 1 N–H and O–H groups in total. The number of likely N-dealkylation sites (tertiary alicyclic amines) is 1. The third kappa shape index (κ3) is 4.76. The number of ether oxygens (including phenoxy) is 1. The van der Waals surface area contributed by atoms with Gasteiger partial charge in [0, 0.05) is 26.1 Å². The molecule has 1 aliphatic heterocycles. The summed E-state index contributed by atoms with van der Waals surface area (Å²) < 4.78 is 5.61. The topological polar surface area (TPSA) is 58.6 Å². The van der Waals surface area contributed by atoms with E-state index in [4.69, 9.17) is 4.74 Å². The number of amides is 2. The molecule has 0 bridgehead atoms. The molecule has 1 unspecified atom stereocenters. The average Bonchev–Trinajstić information content (AvgIpc) is 3.01. The van der Waals surface area contributed by atoms with E-state index in [1.807, 2.05) is 36.1 Å². The molecule has 1 heterocycles. The van der Waals surface area contributed by atoms with Crippen molar-refractivity contribution in [1.82, 2.24) is 10.2 Å². The fourth-order valence-electron chi connectivity index (χ4n) is 2.51. The molecular weight excluding hydrogens is 280 g/mol. The van der Waals surface area contributed by atoms with Crippen LogP contribution >= 0.6 is 0 Å². The molecule has 1 fully saturated rings. The zero-order valence-corrected chi connectivity index (χ0v) is 13.3. The molecule has 0 saturated carbocycles. The van der Waals surface area contributed by atoms with E-state index in [1.165, 1.54) is 0 Å². The van der Waals surface area contributed by atoms with E-state index < -0.39 is 6.10 Å². The number of nitrogens with one attached hydrogen (secondary N) is 1. The molecule has 0 spiro atoms. The molecule has 1 aromatic rings. The van der Waals surface area contributed by atoms with E-state index in [9.17, 15) is 9.59 Å². The van der Waals surface area contributed by atoms with Crippen LogP contribution in [0.1, 0.15) is 31.7 Å². The monoisotopic (exact) mass is 304 g/mol. The second kappa shape index (κ2) is 7.82. The molecule has 5 heteroatoms. The fraction of sp³-hybridized carbons (Fsp3) is 0.529. The summed E-state index contributed by atoms with van der Waals surface area (Å²) in [7, 11) is 0. The van der Waals surface area contributed by atoms with Crippen LogP contribution in [-0.2, 0) is 9.59 Å². The van der Waals surface area contributed by atoms with Gasteiger partial charge < -0.3 is 15.0 Å². The van der Waals surface area contributed by atoms with Crippen molar-refractivity contribution in [2.24, 2.45) is 0 Å². The van der Waals surface area contributed by atoms with Crippen LogP contribution in [0, 0.1) is 6.92 Å². The van der Waals surface area contributed by atoms with E-state index in [0.717, 1.165) is 31.5 Å². The average molecular weight is 304 g/mol. The summed E-state index contributed by atoms with van der Waals surface area (Å²) in [5.74, 6) is 0.594. The van der Waals surface area contributed by atoms with Gasteiger partial charge in [-0.2, -0.15) is 0 Å². The maximum Gasteiger partial charge on any atom is 0.260 e. The second-order valence-electron chi connectivity index (χ2n) is 5.71. The van der Waals surface area contributed by atoms with E-state index in [-0.39, 0.29) is 11.8 Å². The van der Waals surface area contributed by atoms with Crippen LogP contribution in [0.25, 0.3) is 0 Å². The van der Waals surface area contributed by atoms with Crippen LogP contribution in [0.15, 0.2) is 24.3 Å². The molecule has 1 saturated heterocycles. The predicted molar refractivity (Wildman–Crippen MR) is 84.7 cm³/mol. The fourth-order valence-corrected chi connectivity index (χ4v) is 2.51. The highest BCUT2D eigenvalue weighted by Crippen LogP contribution is 2.14. The molecule has 0 aromatic heterocycles. The van der Waals surface area contributed by atoms with E-state index in [0.29, 0.717) is 18.7 Å². The van der Waals surface area contributed by atoms with Gasteiger partial charge in [0.05, 0.1) is 0 Å². The van der Waals surface area contributed by atoms with Crippen LogP contribution in [0.5, 0.6) is 5.75 Å². The first kappa shape index (κ1) is 16.3. The minimum atomic E-state index is -0.580. The molecule has 2 amide bonds. The minimum absolute atomic E-state index is 0.116. The van der Waals surface area contributed by atoms with Gasteiger partial charge in [0.25, 0.3) is 5.91 Å². The van der Waals surface area contributed by atoms with E-state index in [1.54, 1.807) is 6.92 Å². The highest BCUT2D eigenvalue weighted by Gasteiger charge is 2.19. The lowest BCUT2D eigenvalue weighted by atomic mass is 10.2. The standard InChI is InChI=1S/C17H24N2O3/c1-13-6-5-7-15(12-13)22-14(2)17(21)18-9-8-16(20)19-10-3-4-11-19/h5-7,12,14H,3-4,8-11H2,1-2H3,(H,18,21). The molecule has 22 heavy (non-hydrogen) atoms. The van der Waals surface area contributed by atoms with Crippen molar-refractivity contribution < 1.29 is 14.3 Å². The van der Waals surface area contributed by atoms with Crippen molar-refractivity contribution in [3.8, 4) is 5.75 Å². The molecular formula is C17H24N2O3. The third-order valence-electron chi connectivity index (χ3n) is 3.77. The van der Waals surface area contributed by atoms with E-state index >= 15 is 0 Å². The predicted octanol–water partition coefficient (Wildman–Crippen LogP) is 1.89. The zero-order chi connectivity index (χ0) is 15.9. The number of benzene rings is 1. The number of carbonyl (C=O) groups excluding carboxylic acids is 2. The van der Waals surface area contributed by atoms with Crippen molar-refractivity contribution in [2.75, 3.05) is 19.6 Å². The summed E-state index contributed by atoms with van der Waals surface area (Å²) in [6.07, 6.45) is 1.94. The molecule has 1 aromatic carbocycles. The van der Waals surface area contributed by atoms with Gasteiger partial charge >= 0.3 is 0 Å². The number of rotatable bonds is 6. The Morgan fingerprint density at radius 1 is 1.32 bits per heavy atom. The molecule has 0 radical (unpaired) electrons. The van der Waals surface area contributed by atoms with Gasteiger partial charge in [-0.1, -0.05) is 12.1 Å². The lowest BCUT2D eigenvalue weighted by Crippen LogP contribution is -2.38. The van der Waals surface area contributed by atoms with Gasteiger partial charge in [-0.15, -0.1) is 0 Å². The Morgan fingerprint density at radius 2 is 2.05 bits per heavy atom. The van der Waals surface area contributed by atoms with Gasteiger partial charge in [0.15, 0.2) is 6.10 Å². The Bertz CT molecular complexity index is 524. The zero-order valence-electron chi connectivity index (χ0n) is 13.3. The largest absolute Gasteiger partial charge is 0.481 e. The quantitative estimate of drug-likeness (QED) is 0.873. The van der Waals surface area contributed by atoms with Gasteiger partial charge in [-0.25, -0.2) is 0 Å². The van der Waals surface area contributed by atoms with Crippen LogP contribution in [0.3, 0.4) is 0 Å². The maximum atomic E-state index is 12.0. The van der Waals surface area contributed by atoms with Crippen molar-refractivity contribution in [3.63, 3.8) is 0 Å². The summed E-state index contributed by atoms with van der Waals surface area (Å²) in [6.45, 7) is 5.73. The highest BCUT2D eigenvalue weighted by atomic mass is 16.5. The Morgan fingerprint density at radius 3 is 2.73 bits per heavy atom. The number of hydrogen-bond acceptors (Lipinski definition) is 3. The number of nitrogens with zero attached hydrogens (tertiary/aromatic N) is 1. The van der Waals surface area contributed by atoms with Crippen molar-refractivity contribution in [1.29, 1.82) is 0 Å².